The molecule has 1 unspecified atom stereocenters. The SMILES string of the molecule is CCCNCC(c1ccc(C(=O)Nc2ccc(C)c(Nc3nccc(-c4cccnc4)n3)c2)cc1)N1CCN(C)CC1. The number of carbonyl (C=O) groups is 1. The van der Waals surface area contributed by atoms with Crippen molar-refractivity contribution in [3.63, 3.8) is 0 Å². The second-order valence-electron chi connectivity index (χ2n) is 10.8. The van der Waals surface area contributed by atoms with Gasteiger partial charge in [-0.3, -0.25) is 14.7 Å². The van der Waals surface area contributed by atoms with Crippen LogP contribution in [0.25, 0.3) is 11.3 Å². The molecule has 1 aliphatic heterocycles. The molecule has 2 aromatic carbocycles. The molecule has 0 aliphatic carbocycles. The van der Waals surface area contributed by atoms with Crippen LogP contribution in [0.1, 0.15) is 40.9 Å². The molecule has 0 bridgehead atoms. The summed E-state index contributed by atoms with van der Waals surface area (Å²) in [6.07, 6.45) is 6.33. The number of hydrogen-bond donors (Lipinski definition) is 3. The third kappa shape index (κ3) is 7.55. The molecular weight excluding hydrogens is 524 g/mol. The topological polar surface area (TPSA) is 98.3 Å². The zero-order valence-corrected chi connectivity index (χ0v) is 24.7. The van der Waals surface area contributed by atoms with Crippen LogP contribution in [-0.4, -0.2) is 77.0 Å². The van der Waals surface area contributed by atoms with E-state index in [9.17, 15) is 4.79 Å². The van der Waals surface area contributed by atoms with Crippen molar-refractivity contribution < 1.29 is 4.79 Å². The maximum absolute atomic E-state index is 13.2. The summed E-state index contributed by atoms with van der Waals surface area (Å²) in [5.41, 5.74) is 6.08. The molecule has 9 nitrogen and oxygen atoms in total. The van der Waals surface area contributed by atoms with E-state index in [-0.39, 0.29) is 11.9 Å². The predicted molar refractivity (Wildman–Crippen MR) is 169 cm³/mol. The van der Waals surface area contributed by atoms with Gasteiger partial charge in [-0.05, 0) is 80.5 Å². The van der Waals surface area contributed by atoms with Crippen molar-refractivity contribution in [3.05, 3.63) is 95.9 Å². The second-order valence-corrected chi connectivity index (χ2v) is 10.8. The number of hydrogen-bond acceptors (Lipinski definition) is 8. The van der Waals surface area contributed by atoms with Crippen molar-refractivity contribution in [2.75, 3.05) is 56.9 Å². The van der Waals surface area contributed by atoms with Gasteiger partial charge in [0.2, 0.25) is 5.95 Å². The third-order valence-electron chi connectivity index (χ3n) is 7.66. The van der Waals surface area contributed by atoms with Crippen LogP contribution >= 0.6 is 0 Å². The number of nitrogens with zero attached hydrogens (tertiary/aromatic N) is 5. The largest absolute Gasteiger partial charge is 0.324 e. The quantitative estimate of drug-likeness (QED) is 0.216. The van der Waals surface area contributed by atoms with E-state index in [1.807, 2.05) is 55.5 Å². The van der Waals surface area contributed by atoms with E-state index in [4.69, 9.17) is 0 Å². The van der Waals surface area contributed by atoms with Crippen LogP contribution in [0.5, 0.6) is 0 Å². The van der Waals surface area contributed by atoms with Gasteiger partial charge in [0.1, 0.15) is 0 Å². The van der Waals surface area contributed by atoms with E-state index in [0.29, 0.717) is 17.2 Å². The van der Waals surface area contributed by atoms with Crippen molar-refractivity contribution in [1.82, 2.24) is 30.1 Å². The summed E-state index contributed by atoms with van der Waals surface area (Å²) >= 11 is 0. The van der Waals surface area contributed by atoms with E-state index in [0.717, 1.165) is 68.2 Å². The number of aromatic nitrogens is 3. The Kier molecular flexibility index (Phi) is 9.86. The molecule has 1 saturated heterocycles. The second kappa shape index (κ2) is 14.1. The molecule has 0 saturated carbocycles. The lowest BCUT2D eigenvalue weighted by Gasteiger charge is -2.38. The lowest BCUT2D eigenvalue weighted by Crippen LogP contribution is -2.48. The highest BCUT2D eigenvalue weighted by Crippen LogP contribution is 2.26. The zero-order chi connectivity index (χ0) is 29.3. The molecule has 0 spiro atoms. The number of nitrogens with one attached hydrogen (secondary N) is 3. The van der Waals surface area contributed by atoms with Crippen LogP contribution in [0.4, 0.5) is 17.3 Å². The first-order valence-electron chi connectivity index (χ1n) is 14.7. The number of rotatable bonds is 11. The van der Waals surface area contributed by atoms with Gasteiger partial charge in [-0.15, -0.1) is 0 Å². The number of piperazine rings is 1. The van der Waals surface area contributed by atoms with Crippen molar-refractivity contribution in [2.45, 2.75) is 26.3 Å². The third-order valence-corrected chi connectivity index (χ3v) is 7.66. The van der Waals surface area contributed by atoms with Crippen LogP contribution < -0.4 is 16.0 Å². The average Bonchev–Trinajstić information content (AvgIpc) is 3.02. The van der Waals surface area contributed by atoms with Crippen molar-refractivity contribution >= 4 is 23.2 Å². The number of likely N-dealkylation sites (N-methyl/N-ethyl adjacent to an activating group) is 1. The Morgan fingerprint density at radius 1 is 1.00 bits per heavy atom. The minimum Gasteiger partial charge on any atom is -0.324 e. The summed E-state index contributed by atoms with van der Waals surface area (Å²) in [6, 6.07) is 19.8. The summed E-state index contributed by atoms with van der Waals surface area (Å²) in [5.74, 6) is 0.327. The van der Waals surface area contributed by atoms with Gasteiger partial charge in [-0.1, -0.05) is 25.1 Å². The molecule has 4 aromatic rings. The Morgan fingerprint density at radius 2 is 1.81 bits per heavy atom. The van der Waals surface area contributed by atoms with Crippen LogP contribution in [0, 0.1) is 6.92 Å². The van der Waals surface area contributed by atoms with Gasteiger partial charge in [0.05, 0.1) is 5.69 Å². The Balaban J connectivity index is 1.26. The predicted octanol–water partition coefficient (Wildman–Crippen LogP) is 5.13. The molecule has 1 amide bonds. The van der Waals surface area contributed by atoms with Gasteiger partial charge < -0.3 is 20.9 Å². The van der Waals surface area contributed by atoms with Gasteiger partial charge in [-0.25, -0.2) is 9.97 Å². The summed E-state index contributed by atoms with van der Waals surface area (Å²) in [6.45, 7) is 10.3. The van der Waals surface area contributed by atoms with Crippen LogP contribution in [0.3, 0.4) is 0 Å². The molecule has 1 fully saturated rings. The van der Waals surface area contributed by atoms with Gasteiger partial charge in [-0.2, -0.15) is 0 Å². The molecule has 3 N–H and O–H groups in total. The minimum atomic E-state index is -0.147. The molecule has 1 atom stereocenters. The smallest absolute Gasteiger partial charge is 0.255 e. The highest BCUT2D eigenvalue weighted by atomic mass is 16.1. The summed E-state index contributed by atoms with van der Waals surface area (Å²) in [4.78, 5) is 31.3. The first-order valence-corrected chi connectivity index (χ1v) is 14.7. The molecule has 2 aromatic heterocycles. The Hall–Kier alpha value is -4.18. The van der Waals surface area contributed by atoms with Gasteiger partial charge in [0, 0.05) is 79.9 Å². The molecule has 218 valence electrons. The Bertz CT molecular complexity index is 1450. The van der Waals surface area contributed by atoms with E-state index in [1.165, 1.54) is 5.56 Å². The molecule has 3 heterocycles. The number of anilines is 3. The normalized spacial score (nSPS) is 14.8. The summed E-state index contributed by atoms with van der Waals surface area (Å²) in [7, 11) is 2.18. The van der Waals surface area contributed by atoms with E-state index in [1.54, 1.807) is 18.6 Å². The number of pyridine rings is 1. The highest BCUT2D eigenvalue weighted by molar-refractivity contribution is 6.04. The van der Waals surface area contributed by atoms with Crippen LogP contribution in [0.15, 0.2) is 79.3 Å². The standard InChI is InChI=1S/C33H40N8O/c1-4-14-34-23-31(41-19-17-40(3)18-20-41)25-8-10-26(11-9-25)32(42)37-28-12-7-24(2)30(21-28)39-33-36-16-13-29(38-33)27-6-5-15-35-22-27/h5-13,15-16,21-22,31,34H,4,14,17-20,23H2,1-3H3,(H,37,42)(H,36,38,39). The van der Waals surface area contributed by atoms with E-state index >= 15 is 0 Å². The molecule has 9 heteroatoms. The molecular formula is C33H40N8O. The van der Waals surface area contributed by atoms with E-state index < -0.39 is 0 Å². The molecule has 0 radical (unpaired) electrons. The van der Waals surface area contributed by atoms with E-state index in [2.05, 4.69) is 66.8 Å². The average molecular weight is 565 g/mol. The van der Waals surface area contributed by atoms with Crippen molar-refractivity contribution in [1.29, 1.82) is 0 Å². The van der Waals surface area contributed by atoms with Crippen molar-refractivity contribution in [2.24, 2.45) is 0 Å². The fourth-order valence-electron chi connectivity index (χ4n) is 5.12. The zero-order valence-electron chi connectivity index (χ0n) is 24.7. The summed E-state index contributed by atoms with van der Waals surface area (Å²) < 4.78 is 0. The first-order chi connectivity index (χ1) is 20.5. The lowest BCUT2D eigenvalue weighted by atomic mass is 10.0. The first kappa shape index (κ1) is 29.3. The number of amides is 1. The lowest BCUT2D eigenvalue weighted by molar-refractivity contribution is 0.102. The van der Waals surface area contributed by atoms with Gasteiger partial charge in [0.15, 0.2) is 0 Å². The monoisotopic (exact) mass is 564 g/mol. The minimum absolute atomic E-state index is 0.147. The van der Waals surface area contributed by atoms with Crippen LogP contribution in [-0.2, 0) is 0 Å². The maximum atomic E-state index is 13.2. The fraction of sp³-hybridized carbons (Fsp3) is 0.333. The molecule has 5 rings (SSSR count). The molecule has 42 heavy (non-hydrogen) atoms. The van der Waals surface area contributed by atoms with Gasteiger partial charge in [0.25, 0.3) is 5.91 Å². The Labute approximate surface area is 248 Å². The van der Waals surface area contributed by atoms with Gasteiger partial charge >= 0.3 is 0 Å². The molecule has 1 aliphatic rings. The number of aryl methyl sites for hydroxylation is 1. The number of carbonyl (C=O) groups excluding carboxylic acids is 1. The maximum Gasteiger partial charge on any atom is 0.255 e. The van der Waals surface area contributed by atoms with Crippen LogP contribution in [0.2, 0.25) is 0 Å². The summed E-state index contributed by atoms with van der Waals surface area (Å²) in [5, 5.41) is 9.95. The highest BCUT2D eigenvalue weighted by Gasteiger charge is 2.24. The fourth-order valence-corrected chi connectivity index (χ4v) is 5.12. The Morgan fingerprint density at radius 3 is 2.55 bits per heavy atom. The number of benzene rings is 2. The van der Waals surface area contributed by atoms with Crippen molar-refractivity contribution in [3.8, 4) is 11.3 Å².